The van der Waals surface area contributed by atoms with Crippen LogP contribution in [0.3, 0.4) is 0 Å². The molecular formula is C28H30FN5O2. The number of nitrogens with zero attached hydrogens (tertiary/aromatic N) is 5. The molecule has 8 heteroatoms. The van der Waals surface area contributed by atoms with Gasteiger partial charge in [0.2, 0.25) is 11.8 Å². The van der Waals surface area contributed by atoms with Gasteiger partial charge in [-0.1, -0.05) is 18.2 Å². The topological polar surface area (TPSA) is 63.5 Å². The van der Waals surface area contributed by atoms with E-state index in [0.717, 1.165) is 52.3 Å². The van der Waals surface area contributed by atoms with Crippen molar-refractivity contribution in [2.45, 2.75) is 26.7 Å². The zero-order valence-corrected chi connectivity index (χ0v) is 20.9. The number of amides is 1. The molecule has 1 fully saturated rings. The maximum absolute atomic E-state index is 13.2. The number of hydrogen-bond acceptors (Lipinski definition) is 5. The van der Waals surface area contributed by atoms with Crippen molar-refractivity contribution in [3.8, 4) is 11.6 Å². The van der Waals surface area contributed by atoms with E-state index in [9.17, 15) is 9.18 Å². The van der Waals surface area contributed by atoms with E-state index < -0.39 is 0 Å². The van der Waals surface area contributed by atoms with Crippen molar-refractivity contribution in [1.29, 1.82) is 0 Å². The average molecular weight is 488 g/mol. The minimum Gasteiger partial charge on any atom is -0.481 e. The van der Waals surface area contributed by atoms with Gasteiger partial charge in [0.1, 0.15) is 5.82 Å². The fourth-order valence-electron chi connectivity index (χ4n) is 5.00. The molecule has 1 aliphatic rings. The summed E-state index contributed by atoms with van der Waals surface area (Å²) in [6, 6.07) is 16.4. The number of para-hydroxylation sites is 1. The molecule has 2 aromatic carbocycles. The Bertz CT molecular complexity index is 1380. The molecule has 0 N–H and O–H groups in total. The molecule has 5 rings (SSSR count). The number of carbonyl (C=O) groups excluding carboxylic acids is 1. The summed E-state index contributed by atoms with van der Waals surface area (Å²) in [7, 11) is 1.61. The minimum atomic E-state index is -0.242. The molecule has 1 saturated heterocycles. The van der Waals surface area contributed by atoms with E-state index in [1.54, 1.807) is 19.2 Å². The SMILES string of the molecule is COc1nc2c(c(C)nn2-c2ccccc2)c(C)c1CCC(=O)N1CCN(c2ccc(F)cc2)CC1. The predicted octanol–water partition coefficient (Wildman–Crippen LogP) is 4.47. The number of anilines is 1. The van der Waals surface area contributed by atoms with E-state index in [0.29, 0.717) is 31.8 Å². The van der Waals surface area contributed by atoms with Crippen molar-refractivity contribution in [2.24, 2.45) is 0 Å². The Morgan fingerprint density at radius 2 is 1.67 bits per heavy atom. The lowest BCUT2D eigenvalue weighted by molar-refractivity contribution is -0.131. The quantitative estimate of drug-likeness (QED) is 0.402. The van der Waals surface area contributed by atoms with Gasteiger partial charge in [-0.15, -0.1) is 0 Å². The van der Waals surface area contributed by atoms with Gasteiger partial charge in [0.05, 0.1) is 18.5 Å². The van der Waals surface area contributed by atoms with Gasteiger partial charge in [0.15, 0.2) is 5.65 Å². The number of ether oxygens (including phenoxy) is 1. The van der Waals surface area contributed by atoms with E-state index in [1.807, 2.05) is 46.8 Å². The van der Waals surface area contributed by atoms with Gasteiger partial charge >= 0.3 is 0 Å². The number of aromatic nitrogens is 3. The number of aryl methyl sites for hydroxylation is 2. The zero-order valence-electron chi connectivity index (χ0n) is 20.9. The molecule has 1 aliphatic heterocycles. The molecule has 3 heterocycles. The molecule has 0 aliphatic carbocycles. The Morgan fingerprint density at radius 3 is 2.33 bits per heavy atom. The van der Waals surface area contributed by atoms with Gasteiger partial charge in [-0.2, -0.15) is 10.1 Å². The fourth-order valence-corrected chi connectivity index (χ4v) is 5.00. The van der Waals surface area contributed by atoms with Crippen molar-refractivity contribution in [3.05, 3.63) is 77.2 Å². The Balaban J connectivity index is 1.31. The standard InChI is InChI=1S/C28H30FN5O2/c1-19-24(13-14-25(35)33-17-15-32(16-18-33)22-11-9-21(29)10-12-22)28(36-3)30-27-26(19)20(2)31-34(27)23-7-5-4-6-8-23/h4-12H,13-18H2,1-3H3. The van der Waals surface area contributed by atoms with Crippen LogP contribution < -0.4 is 9.64 Å². The van der Waals surface area contributed by atoms with Crippen LogP contribution in [0, 0.1) is 19.7 Å². The van der Waals surface area contributed by atoms with Crippen LogP contribution in [0.25, 0.3) is 16.7 Å². The summed E-state index contributed by atoms with van der Waals surface area (Å²) in [6.07, 6.45) is 0.928. The summed E-state index contributed by atoms with van der Waals surface area (Å²) in [5.74, 6) is 0.409. The van der Waals surface area contributed by atoms with Crippen LogP contribution >= 0.6 is 0 Å². The maximum Gasteiger partial charge on any atom is 0.223 e. The van der Waals surface area contributed by atoms with E-state index in [2.05, 4.69) is 11.8 Å². The van der Waals surface area contributed by atoms with Crippen LogP contribution in [0.15, 0.2) is 54.6 Å². The smallest absolute Gasteiger partial charge is 0.223 e. The molecule has 0 spiro atoms. The van der Waals surface area contributed by atoms with Crippen molar-refractivity contribution < 1.29 is 13.9 Å². The molecule has 7 nitrogen and oxygen atoms in total. The summed E-state index contributed by atoms with van der Waals surface area (Å²) in [6.45, 7) is 6.78. The summed E-state index contributed by atoms with van der Waals surface area (Å²) in [5.41, 5.74) is 5.55. The van der Waals surface area contributed by atoms with Crippen molar-refractivity contribution in [3.63, 3.8) is 0 Å². The Kier molecular flexibility index (Phi) is 6.59. The highest BCUT2D eigenvalue weighted by atomic mass is 19.1. The molecule has 4 aromatic rings. The van der Waals surface area contributed by atoms with Crippen LogP contribution in [-0.2, 0) is 11.2 Å². The van der Waals surface area contributed by atoms with Crippen LogP contribution in [0.1, 0.15) is 23.2 Å². The van der Waals surface area contributed by atoms with Crippen LogP contribution in [0.4, 0.5) is 10.1 Å². The third-order valence-electron chi connectivity index (χ3n) is 6.94. The van der Waals surface area contributed by atoms with Gasteiger partial charge in [0.25, 0.3) is 0 Å². The Labute approximate surface area is 210 Å². The molecular weight excluding hydrogens is 457 g/mol. The summed E-state index contributed by atoms with van der Waals surface area (Å²) in [5, 5.41) is 5.74. The van der Waals surface area contributed by atoms with Crippen LogP contribution in [-0.4, -0.2) is 58.9 Å². The Hall–Kier alpha value is -3.94. The average Bonchev–Trinajstić information content (AvgIpc) is 3.25. The van der Waals surface area contributed by atoms with Gasteiger partial charge in [0, 0.05) is 49.2 Å². The second-order valence-electron chi connectivity index (χ2n) is 9.10. The number of benzene rings is 2. The predicted molar refractivity (Wildman–Crippen MR) is 138 cm³/mol. The van der Waals surface area contributed by atoms with Crippen molar-refractivity contribution in [1.82, 2.24) is 19.7 Å². The molecule has 0 unspecified atom stereocenters. The number of rotatable bonds is 6. The number of fused-ring (bicyclic) bond motifs is 1. The largest absolute Gasteiger partial charge is 0.481 e. The highest BCUT2D eigenvalue weighted by Crippen LogP contribution is 2.32. The van der Waals surface area contributed by atoms with E-state index in [4.69, 9.17) is 14.8 Å². The molecule has 186 valence electrons. The minimum absolute atomic E-state index is 0.118. The van der Waals surface area contributed by atoms with Crippen molar-refractivity contribution >= 4 is 22.6 Å². The number of pyridine rings is 1. The lowest BCUT2D eigenvalue weighted by Crippen LogP contribution is -2.48. The molecule has 0 bridgehead atoms. The highest BCUT2D eigenvalue weighted by molar-refractivity contribution is 5.86. The molecule has 2 aromatic heterocycles. The number of halogens is 1. The summed E-state index contributed by atoms with van der Waals surface area (Å²) < 4.78 is 20.7. The number of piperazine rings is 1. The highest BCUT2D eigenvalue weighted by Gasteiger charge is 2.24. The summed E-state index contributed by atoms with van der Waals surface area (Å²) >= 11 is 0. The third kappa shape index (κ3) is 4.51. The van der Waals surface area contributed by atoms with E-state index in [1.165, 1.54) is 12.1 Å². The van der Waals surface area contributed by atoms with Gasteiger partial charge in [-0.05, 0) is 62.2 Å². The number of methoxy groups -OCH3 is 1. The second-order valence-corrected chi connectivity index (χ2v) is 9.10. The maximum atomic E-state index is 13.2. The summed E-state index contributed by atoms with van der Waals surface area (Å²) in [4.78, 5) is 22.0. The third-order valence-corrected chi connectivity index (χ3v) is 6.94. The lowest BCUT2D eigenvalue weighted by atomic mass is 10.0. The molecule has 0 saturated carbocycles. The van der Waals surface area contributed by atoms with Crippen LogP contribution in [0.2, 0.25) is 0 Å². The molecule has 1 amide bonds. The number of hydrogen-bond donors (Lipinski definition) is 0. The molecule has 0 atom stereocenters. The van der Waals surface area contributed by atoms with E-state index in [-0.39, 0.29) is 11.7 Å². The second kappa shape index (κ2) is 9.97. The molecule has 36 heavy (non-hydrogen) atoms. The lowest BCUT2D eigenvalue weighted by Gasteiger charge is -2.36. The first-order chi connectivity index (χ1) is 17.5. The first kappa shape index (κ1) is 23.8. The Morgan fingerprint density at radius 1 is 0.972 bits per heavy atom. The first-order valence-electron chi connectivity index (χ1n) is 12.2. The number of carbonyl (C=O) groups is 1. The van der Waals surface area contributed by atoms with Crippen molar-refractivity contribution in [2.75, 3.05) is 38.2 Å². The van der Waals surface area contributed by atoms with Crippen LogP contribution in [0.5, 0.6) is 5.88 Å². The normalized spacial score (nSPS) is 13.9. The first-order valence-corrected chi connectivity index (χ1v) is 12.2. The molecule has 0 radical (unpaired) electrons. The zero-order chi connectivity index (χ0) is 25.2. The van der Waals surface area contributed by atoms with Gasteiger partial charge < -0.3 is 14.5 Å². The monoisotopic (exact) mass is 487 g/mol. The van der Waals surface area contributed by atoms with Gasteiger partial charge in [-0.3, -0.25) is 4.79 Å². The fraction of sp³-hybridized carbons (Fsp3) is 0.321. The van der Waals surface area contributed by atoms with E-state index >= 15 is 0 Å². The van der Waals surface area contributed by atoms with Gasteiger partial charge in [-0.25, -0.2) is 9.07 Å².